The maximum Gasteiger partial charge on any atom is 0.330 e. The largest absolute Gasteiger partial charge is 0.459 e. The summed E-state index contributed by atoms with van der Waals surface area (Å²) in [4.78, 5) is 55.6. The Morgan fingerprint density at radius 1 is 0.967 bits per heavy atom. The second-order valence-electron chi connectivity index (χ2n) is 18.4. The Labute approximate surface area is 357 Å². The predicted molar refractivity (Wildman–Crippen MR) is 221 cm³/mol. The molecule has 3 heterocycles. The smallest absolute Gasteiger partial charge is 0.330 e. The fraction of sp³-hybridized carbons (Fsp3) is 0.864. The molecule has 0 saturated carbocycles. The lowest BCUT2D eigenvalue weighted by atomic mass is 9.77. The standard InChI is InChI=1S/C44H76N2O14/c1-17-32-44(12,52)36(49)28(8)45-39(50)23(3)21-42(10,53-15)37(60-41-30(19-24(4)47)31(46(13)14)20-25(5)55-41)26(6)35(27(7)40(51)57-32)59-34-22-43(11,54-16)38(29(9)56-34)58-33(48)18-2/h18,23,25-32,34-38,41,49,52H,2,17,19-22H2,1,3-16H3,(H,45,50)/t23-,25-,26+,27-,28-,29+,30-,31+,32-,34+,35+,36-,37-,38+,41+,42-,43-,44-/m1/s1. The quantitative estimate of drug-likeness (QED) is 0.190. The molecule has 0 aromatic rings. The van der Waals surface area contributed by atoms with Crippen LogP contribution < -0.4 is 5.32 Å². The number of carbonyl (C=O) groups excluding carboxylic acids is 4. The minimum Gasteiger partial charge on any atom is -0.459 e. The van der Waals surface area contributed by atoms with Gasteiger partial charge in [0.15, 0.2) is 18.7 Å². The Balaban J connectivity index is 2.28. The van der Waals surface area contributed by atoms with E-state index in [-0.39, 0.29) is 43.6 Å². The molecule has 3 N–H and O–H groups in total. The van der Waals surface area contributed by atoms with Gasteiger partial charge in [0.05, 0.1) is 42.0 Å². The van der Waals surface area contributed by atoms with Crippen LogP contribution in [0.4, 0.5) is 0 Å². The van der Waals surface area contributed by atoms with Crippen LogP contribution >= 0.6 is 0 Å². The molecule has 1 amide bonds. The summed E-state index contributed by atoms with van der Waals surface area (Å²) in [6.45, 7) is 22.2. The number of carbonyl (C=O) groups is 4. The van der Waals surface area contributed by atoms with Crippen molar-refractivity contribution >= 4 is 23.6 Å². The molecule has 16 heteroatoms. The van der Waals surface area contributed by atoms with Crippen molar-refractivity contribution < 1.29 is 67.3 Å². The van der Waals surface area contributed by atoms with Gasteiger partial charge in [-0.3, -0.25) is 9.59 Å². The number of esters is 2. The summed E-state index contributed by atoms with van der Waals surface area (Å²) in [6.07, 6.45) is -6.31. The molecule has 0 bridgehead atoms. The highest BCUT2D eigenvalue weighted by Crippen LogP contribution is 2.42. The molecule has 3 saturated heterocycles. The Hall–Kier alpha value is -2.54. The molecule has 60 heavy (non-hydrogen) atoms. The van der Waals surface area contributed by atoms with Gasteiger partial charge in [-0.1, -0.05) is 27.4 Å². The molecular weight excluding hydrogens is 780 g/mol. The third-order valence-electron chi connectivity index (χ3n) is 13.2. The summed E-state index contributed by atoms with van der Waals surface area (Å²) in [5.74, 6) is -4.76. The maximum absolute atomic E-state index is 14.5. The van der Waals surface area contributed by atoms with E-state index in [9.17, 15) is 29.4 Å². The number of cyclic esters (lactones) is 1. The lowest BCUT2D eigenvalue weighted by Crippen LogP contribution is -2.60. The van der Waals surface area contributed by atoms with Crippen molar-refractivity contribution in [2.45, 2.75) is 192 Å². The van der Waals surface area contributed by atoms with Gasteiger partial charge in [0.25, 0.3) is 0 Å². The van der Waals surface area contributed by atoms with Crippen molar-refractivity contribution in [2.75, 3.05) is 28.3 Å². The Bertz CT molecular complexity index is 1480. The number of ether oxygens (including phenoxy) is 8. The average Bonchev–Trinajstić information content (AvgIpc) is 3.18. The SMILES string of the molecule is C=CC(=O)O[C@H]1[C@H](C)O[C@@H](O[C@H]2[C@H](C)[C@@H](O[C@@H]3O[C@H](C)C[C@H](N(C)C)[C@H]3CC(C)=O)[C@](C)(OC)C[C@@H](C)C(=O)N[C@H](C)[C@@H](O)[C@](C)(O)[C@@H](CC)OC(=O)[C@@H]2C)C[C@@]1(C)OC. The van der Waals surface area contributed by atoms with Crippen molar-refractivity contribution in [3.8, 4) is 0 Å². The van der Waals surface area contributed by atoms with Gasteiger partial charge in [-0.25, -0.2) is 4.79 Å². The number of hydrogen-bond donors (Lipinski definition) is 3. The van der Waals surface area contributed by atoms with Crippen LogP contribution in [0.5, 0.6) is 0 Å². The number of rotatable bonds is 12. The summed E-state index contributed by atoms with van der Waals surface area (Å²) in [7, 11) is 6.93. The number of nitrogens with one attached hydrogen (secondary N) is 1. The summed E-state index contributed by atoms with van der Waals surface area (Å²) in [6, 6.07) is -1.03. The molecule has 18 atom stereocenters. The molecule has 3 aliphatic rings. The van der Waals surface area contributed by atoms with Crippen LogP contribution in [0, 0.1) is 23.7 Å². The third kappa shape index (κ3) is 11.9. The predicted octanol–water partition coefficient (Wildman–Crippen LogP) is 3.71. The number of ketones is 1. The van der Waals surface area contributed by atoms with Gasteiger partial charge in [-0.15, -0.1) is 0 Å². The van der Waals surface area contributed by atoms with E-state index in [4.69, 9.17) is 37.9 Å². The molecule has 0 unspecified atom stereocenters. The van der Waals surface area contributed by atoms with Crippen molar-refractivity contribution in [1.29, 1.82) is 0 Å². The molecule has 0 aromatic heterocycles. The number of Topliss-reactive ketones (excluding diaryl/α,β-unsaturated/α-hetero) is 1. The van der Waals surface area contributed by atoms with Crippen LogP contribution in [-0.4, -0.2) is 151 Å². The monoisotopic (exact) mass is 857 g/mol. The second-order valence-corrected chi connectivity index (χ2v) is 18.4. The second kappa shape index (κ2) is 21.2. The molecule has 16 nitrogen and oxygen atoms in total. The molecule has 3 fully saturated rings. The van der Waals surface area contributed by atoms with Crippen LogP contribution in [0.3, 0.4) is 0 Å². The van der Waals surface area contributed by atoms with Gasteiger partial charge in [0.2, 0.25) is 5.91 Å². The molecule has 346 valence electrons. The average molecular weight is 857 g/mol. The van der Waals surface area contributed by atoms with E-state index in [1.165, 1.54) is 28.1 Å². The molecule has 0 radical (unpaired) electrons. The van der Waals surface area contributed by atoms with E-state index in [0.29, 0.717) is 6.42 Å². The van der Waals surface area contributed by atoms with Crippen molar-refractivity contribution in [3.63, 3.8) is 0 Å². The van der Waals surface area contributed by atoms with Crippen LogP contribution in [0.2, 0.25) is 0 Å². The highest BCUT2D eigenvalue weighted by Gasteiger charge is 2.54. The van der Waals surface area contributed by atoms with Gasteiger partial charge in [-0.05, 0) is 88.7 Å². The van der Waals surface area contributed by atoms with Crippen molar-refractivity contribution in [2.24, 2.45) is 23.7 Å². The number of aliphatic hydroxyl groups excluding tert-OH is 1. The fourth-order valence-corrected chi connectivity index (χ4v) is 9.52. The zero-order chi connectivity index (χ0) is 45.7. The normalized spacial score (nSPS) is 43.9. The molecule has 0 aliphatic carbocycles. The first-order valence-electron chi connectivity index (χ1n) is 21.4. The topological polar surface area (TPSA) is 198 Å². The summed E-state index contributed by atoms with van der Waals surface area (Å²) in [5, 5.41) is 26.0. The van der Waals surface area contributed by atoms with Gasteiger partial charge in [0.1, 0.15) is 29.2 Å². The molecule has 0 aromatic carbocycles. The summed E-state index contributed by atoms with van der Waals surface area (Å²) in [5.41, 5.74) is -4.34. The van der Waals surface area contributed by atoms with E-state index in [1.807, 2.05) is 34.9 Å². The Kier molecular flexibility index (Phi) is 18.3. The minimum atomic E-state index is -1.97. The molecular formula is C44H76N2O14. The lowest BCUT2D eigenvalue weighted by Gasteiger charge is -2.50. The first-order chi connectivity index (χ1) is 27.8. The molecule has 0 spiro atoms. The number of hydrogen-bond acceptors (Lipinski definition) is 15. The first kappa shape index (κ1) is 51.8. The van der Waals surface area contributed by atoms with Crippen molar-refractivity contribution in [3.05, 3.63) is 12.7 Å². The van der Waals surface area contributed by atoms with Gasteiger partial charge in [-0.2, -0.15) is 0 Å². The van der Waals surface area contributed by atoms with E-state index >= 15 is 0 Å². The van der Waals surface area contributed by atoms with Crippen LogP contribution in [0.15, 0.2) is 12.7 Å². The Morgan fingerprint density at radius 3 is 2.10 bits per heavy atom. The lowest BCUT2D eigenvalue weighted by molar-refractivity contribution is -0.315. The van der Waals surface area contributed by atoms with Gasteiger partial charge < -0.3 is 63.1 Å². The maximum atomic E-state index is 14.5. The van der Waals surface area contributed by atoms with Crippen LogP contribution in [-0.2, 0) is 57.1 Å². The number of amides is 1. The zero-order valence-electron chi connectivity index (χ0n) is 38.7. The Morgan fingerprint density at radius 2 is 1.57 bits per heavy atom. The highest BCUT2D eigenvalue weighted by atomic mass is 16.7. The number of aliphatic hydroxyl groups is 2. The van der Waals surface area contributed by atoms with Crippen LogP contribution in [0.1, 0.15) is 108 Å². The van der Waals surface area contributed by atoms with Gasteiger partial charge >= 0.3 is 11.9 Å². The van der Waals surface area contributed by atoms with E-state index in [1.54, 1.807) is 41.5 Å². The third-order valence-corrected chi connectivity index (χ3v) is 13.2. The zero-order valence-corrected chi connectivity index (χ0v) is 38.7. The summed E-state index contributed by atoms with van der Waals surface area (Å²) >= 11 is 0. The van der Waals surface area contributed by atoms with Crippen molar-refractivity contribution in [1.82, 2.24) is 10.2 Å². The van der Waals surface area contributed by atoms with E-state index in [0.717, 1.165) is 6.08 Å². The van der Waals surface area contributed by atoms with E-state index < -0.39 is 114 Å². The summed E-state index contributed by atoms with van der Waals surface area (Å²) < 4.78 is 51.0. The van der Waals surface area contributed by atoms with Gasteiger partial charge in [0, 0.05) is 56.9 Å². The van der Waals surface area contributed by atoms with E-state index in [2.05, 4.69) is 16.8 Å². The highest BCUT2D eigenvalue weighted by molar-refractivity contribution is 5.81. The molecule has 3 rings (SSSR count). The number of methoxy groups -OCH3 is 2. The molecule has 3 aliphatic heterocycles. The first-order valence-corrected chi connectivity index (χ1v) is 21.4. The minimum absolute atomic E-state index is 0.0365. The van der Waals surface area contributed by atoms with Crippen LogP contribution in [0.25, 0.3) is 0 Å². The number of nitrogens with zero attached hydrogens (tertiary/aromatic N) is 1. The fourth-order valence-electron chi connectivity index (χ4n) is 9.52.